The van der Waals surface area contributed by atoms with Gasteiger partial charge in [0.1, 0.15) is 0 Å². The molecule has 0 radical (unpaired) electrons. The highest BCUT2D eigenvalue weighted by Gasteiger charge is 2.39. The molecular formula is C11H17NO2. The highest BCUT2D eigenvalue weighted by atomic mass is 16.7. The Balaban J connectivity index is 1.95. The molecule has 1 spiro atoms. The van der Waals surface area contributed by atoms with E-state index < -0.39 is 0 Å². The number of nitriles is 1. The summed E-state index contributed by atoms with van der Waals surface area (Å²) in [6.07, 6.45) is 7.17. The predicted molar refractivity (Wildman–Crippen MR) is 51.5 cm³/mol. The largest absolute Gasteiger partial charge is 0.350 e. The minimum atomic E-state index is -0.321. The van der Waals surface area contributed by atoms with Crippen LogP contribution in [0.15, 0.2) is 0 Å². The smallest absolute Gasteiger partial charge is 0.168 e. The van der Waals surface area contributed by atoms with Gasteiger partial charge >= 0.3 is 0 Å². The average molecular weight is 195 g/mol. The van der Waals surface area contributed by atoms with Gasteiger partial charge in [0.15, 0.2) is 5.79 Å². The zero-order chi connectivity index (χ0) is 9.86. The second-order valence-electron chi connectivity index (χ2n) is 4.21. The maximum atomic E-state index is 8.63. The Morgan fingerprint density at radius 2 is 2.07 bits per heavy atom. The summed E-state index contributed by atoms with van der Waals surface area (Å²) in [6.45, 7) is 0.756. The van der Waals surface area contributed by atoms with E-state index in [4.69, 9.17) is 14.7 Å². The molecule has 0 aromatic carbocycles. The van der Waals surface area contributed by atoms with Crippen LogP contribution < -0.4 is 0 Å². The minimum Gasteiger partial charge on any atom is -0.350 e. The van der Waals surface area contributed by atoms with E-state index in [2.05, 4.69) is 6.07 Å². The Bertz CT molecular complexity index is 222. The van der Waals surface area contributed by atoms with E-state index in [1.165, 1.54) is 19.3 Å². The van der Waals surface area contributed by atoms with Crippen LogP contribution in [0.3, 0.4) is 0 Å². The summed E-state index contributed by atoms with van der Waals surface area (Å²) >= 11 is 0. The van der Waals surface area contributed by atoms with Crippen LogP contribution in [0, 0.1) is 11.3 Å². The molecule has 14 heavy (non-hydrogen) atoms. The van der Waals surface area contributed by atoms with Gasteiger partial charge < -0.3 is 9.47 Å². The van der Waals surface area contributed by atoms with E-state index in [0.717, 1.165) is 25.9 Å². The molecule has 1 saturated carbocycles. The summed E-state index contributed by atoms with van der Waals surface area (Å²) in [5, 5.41) is 8.63. The van der Waals surface area contributed by atoms with Crippen LogP contribution in [-0.4, -0.2) is 18.5 Å². The number of ether oxygens (including phenoxy) is 2. The summed E-state index contributed by atoms with van der Waals surface area (Å²) in [4.78, 5) is 0. The van der Waals surface area contributed by atoms with Crippen LogP contribution >= 0.6 is 0 Å². The van der Waals surface area contributed by atoms with Crippen LogP contribution in [0.25, 0.3) is 0 Å². The Hall–Kier alpha value is -0.590. The molecule has 0 amide bonds. The highest BCUT2D eigenvalue weighted by Crippen LogP contribution is 2.37. The average Bonchev–Trinajstić information content (AvgIpc) is 2.19. The third-order valence-corrected chi connectivity index (χ3v) is 3.12. The number of rotatable bonds is 1. The van der Waals surface area contributed by atoms with Crippen molar-refractivity contribution >= 4 is 0 Å². The summed E-state index contributed by atoms with van der Waals surface area (Å²) < 4.78 is 11.7. The zero-order valence-corrected chi connectivity index (χ0v) is 8.50. The van der Waals surface area contributed by atoms with Gasteiger partial charge in [0.2, 0.25) is 0 Å². The van der Waals surface area contributed by atoms with Gasteiger partial charge in [-0.1, -0.05) is 6.42 Å². The number of hydrogen-bond donors (Lipinski definition) is 0. The highest BCUT2D eigenvalue weighted by molar-refractivity contribution is 4.84. The van der Waals surface area contributed by atoms with Gasteiger partial charge in [-0.05, 0) is 19.3 Å². The van der Waals surface area contributed by atoms with Gasteiger partial charge in [-0.2, -0.15) is 5.26 Å². The molecule has 1 aliphatic carbocycles. The van der Waals surface area contributed by atoms with Gasteiger partial charge in [-0.25, -0.2) is 0 Å². The lowest BCUT2D eigenvalue weighted by atomic mass is 9.93. The van der Waals surface area contributed by atoms with Crippen LogP contribution in [0.4, 0.5) is 0 Å². The van der Waals surface area contributed by atoms with Gasteiger partial charge in [-0.15, -0.1) is 0 Å². The summed E-state index contributed by atoms with van der Waals surface area (Å²) in [7, 11) is 0. The molecule has 1 unspecified atom stereocenters. The van der Waals surface area contributed by atoms with E-state index in [1.54, 1.807) is 0 Å². The molecule has 0 N–H and O–H groups in total. The van der Waals surface area contributed by atoms with E-state index in [1.807, 2.05) is 0 Å². The number of nitrogens with zero attached hydrogens (tertiary/aromatic N) is 1. The molecule has 1 heterocycles. The van der Waals surface area contributed by atoms with E-state index in [9.17, 15) is 0 Å². The first kappa shape index (κ1) is 9.95. The van der Waals surface area contributed by atoms with Gasteiger partial charge in [0.25, 0.3) is 0 Å². The summed E-state index contributed by atoms with van der Waals surface area (Å²) in [5.41, 5.74) is 0. The van der Waals surface area contributed by atoms with Crippen LogP contribution in [0.2, 0.25) is 0 Å². The molecule has 2 rings (SSSR count). The molecule has 3 heteroatoms. The van der Waals surface area contributed by atoms with E-state index in [0.29, 0.717) is 6.42 Å². The molecule has 0 aromatic heterocycles. The SMILES string of the molecule is N#CCC1CCOC2(CCCCC2)O1. The quantitative estimate of drug-likeness (QED) is 0.645. The monoisotopic (exact) mass is 195 g/mol. The van der Waals surface area contributed by atoms with Crippen LogP contribution in [0.5, 0.6) is 0 Å². The molecular weight excluding hydrogens is 178 g/mol. The van der Waals surface area contributed by atoms with E-state index >= 15 is 0 Å². The van der Waals surface area contributed by atoms with Crippen molar-refractivity contribution < 1.29 is 9.47 Å². The van der Waals surface area contributed by atoms with Gasteiger partial charge in [0, 0.05) is 12.8 Å². The second-order valence-corrected chi connectivity index (χ2v) is 4.21. The van der Waals surface area contributed by atoms with E-state index in [-0.39, 0.29) is 11.9 Å². The lowest BCUT2D eigenvalue weighted by Crippen LogP contribution is -2.45. The van der Waals surface area contributed by atoms with Crippen molar-refractivity contribution in [3.63, 3.8) is 0 Å². The molecule has 1 saturated heterocycles. The maximum Gasteiger partial charge on any atom is 0.168 e. The molecule has 1 aliphatic heterocycles. The third kappa shape index (κ3) is 2.08. The zero-order valence-electron chi connectivity index (χ0n) is 8.50. The molecule has 3 nitrogen and oxygen atoms in total. The first-order chi connectivity index (χ1) is 6.85. The van der Waals surface area contributed by atoms with Gasteiger partial charge in [-0.3, -0.25) is 0 Å². The van der Waals surface area contributed by atoms with Crippen molar-refractivity contribution in [2.24, 2.45) is 0 Å². The lowest BCUT2D eigenvalue weighted by Gasteiger charge is -2.43. The Morgan fingerprint density at radius 1 is 1.29 bits per heavy atom. The normalized spacial score (nSPS) is 31.2. The van der Waals surface area contributed by atoms with Crippen LogP contribution in [-0.2, 0) is 9.47 Å². The Labute approximate surface area is 85.0 Å². The van der Waals surface area contributed by atoms with Crippen molar-refractivity contribution in [3.05, 3.63) is 0 Å². The summed E-state index contributed by atoms with van der Waals surface area (Å²) in [5.74, 6) is -0.321. The third-order valence-electron chi connectivity index (χ3n) is 3.12. The van der Waals surface area contributed by atoms with Crippen molar-refractivity contribution in [2.75, 3.05) is 6.61 Å². The first-order valence-corrected chi connectivity index (χ1v) is 5.53. The van der Waals surface area contributed by atoms with Gasteiger partial charge in [0.05, 0.1) is 25.2 Å². The maximum absolute atomic E-state index is 8.63. The molecule has 0 bridgehead atoms. The standard InChI is InChI=1S/C11H17NO2/c12-8-4-10-5-9-13-11(14-10)6-2-1-3-7-11/h10H,1-7,9H2. The molecule has 2 fully saturated rings. The Morgan fingerprint density at radius 3 is 2.79 bits per heavy atom. The fourth-order valence-electron chi connectivity index (χ4n) is 2.37. The Kier molecular flexibility index (Phi) is 3.05. The second kappa shape index (κ2) is 4.29. The van der Waals surface area contributed by atoms with Crippen molar-refractivity contribution in [2.45, 2.75) is 56.8 Å². The van der Waals surface area contributed by atoms with Crippen molar-refractivity contribution in [3.8, 4) is 6.07 Å². The molecule has 0 aromatic rings. The fourth-order valence-corrected chi connectivity index (χ4v) is 2.37. The first-order valence-electron chi connectivity index (χ1n) is 5.53. The lowest BCUT2D eigenvalue weighted by molar-refractivity contribution is -0.304. The topological polar surface area (TPSA) is 42.2 Å². The van der Waals surface area contributed by atoms with Crippen LogP contribution in [0.1, 0.15) is 44.9 Å². The number of hydrogen-bond acceptors (Lipinski definition) is 3. The fraction of sp³-hybridized carbons (Fsp3) is 0.909. The predicted octanol–water partition coefficient (Wildman–Crippen LogP) is 2.37. The minimum absolute atomic E-state index is 0.104. The van der Waals surface area contributed by atoms with Crippen molar-refractivity contribution in [1.29, 1.82) is 5.26 Å². The summed E-state index contributed by atoms with van der Waals surface area (Å²) in [6, 6.07) is 2.18. The molecule has 78 valence electrons. The molecule has 2 aliphatic rings. The molecule has 1 atom stereocenters. The van der Waals surface area contributed by atoms with Crippen molar-refractivity contribution in [1.82, 2.24) is 0 Å².